The number of hydrogen-bond donors (Lipinski definition) is 3. The van der Waals surface area contributed by atoms with Gasteiger partial charge in [-0.05, 0) is 78.0 Å². The van der Waals surface area contributed by atoms with Crippen LogP contribution in [0.15, 0.2) is 21.7 Å². The average Bonchev–Trinajstić information content (AvgIpc) is 2.94. The highest BCUT2D eigenvalue weighted by atomic mass is 31.2. The van der Waals surface area contributed by atoms with Gasteiger partial charge in [-0.2, -0.15) is 4.98 Å². The highest BCUT2D eigenvalue weighted by molar-refractivity contribution is 7.53. The number of aromatic nitrogens is 4. The summed E-state index contributed by atoms with van der Waals surface area (Å²) in [5, 5.41) is 18.8. The van der Waals surface area contributed by atoms with E-state index in [-0.39, 0.29) is 43.7 Å². The van der Waals surface area contributed by atoms with Crippen LogP contribution in [0.5, 0.6) is 0 Å². The Bertz CT molecular complexity index is 1660. The first-order chi connectivity index (χ1) is 21.4. The minimum atomic E-state index is -3.64. The molecule has 0 fully saturated rings. The molecule has 1 aromatic rings. The summed E-state index contributed by atoms with van der Waals surface area (Å²) in [6, 6.07) is 3.87. The minimum Gasteiger partial charge on any atom is -0.481 e. The Morgan fingerprint density at radius 3 is 2.04 bits per heavy atom. The van der Waals surface area contributed by atoms with Gasteiger partial charge in [0.25, 0.3) is 5.56 Å². The van der Waals surface area contributed by atoms with Crippen molar-refractivity contribution in [1.29, 1.82) is 0 Å². The minimum absolute atomic E-state index is 0.0801. The third-order valence-electron chi connectivity index (χ3n) is 8.16. The molecule has 3 N–H and O–H groups in total. The quantitative estimate of drug-likeness (QED) is 0.0962. The molecule has 2 aliphatic heterocycles. The Kier molecular flexibility index (Phi) is 11.9. The third kappa shape index (κ3) is 9.23. The van der Waals surface area contributed by atoms with Crippen LogP contribution in [0, 0.1) is 17.8 Å². The van der Waals surface area contributed by atoms with Gasteiger partial charge in [-0.3, -0.25) is 23.9 Å². The van der Waals surface area contributed by atoms with Gasteiger partial charge in [0, 0.05) is 26.3 Å². The smallest absolute Gasteiger partial charge is 0.349 e. The Hall–Kier alpha value is -3.61. The fourth-order valence-electron chi connectivity index (χ4n) is 4.83. The summed E-state index contributed by atoms with van der Waals surface area (Å²) in [6.45, 7) is 8.46. The van der Waals surface area contributed by atoms with Crippen molar-refractivity contribution in [2.75, 3.05) is 38.4 Å². The molecule has 0 unspecified atom stereocenters. The SMILES string of the molecule is Cc1cc2nc3c(=O)[nH]c(=O)nc-3n(CCCCCCP(=O)(OCCC(C)(C)C(=O)O)OCCC(C)(C)C(=O)O)c2cc1N(C)C. The molecule has 1 aromatic carbocycles. The molecule has 14 nitrogen and oxygen atoms in total. The molecule has 0 aliphatic carbocycles. The molecule has 2 aliphatic rings. The second-order valence-electron chi connectivity index (χ2n) is 13.1. The topological polar surface area (TPSA) is 194 Å². The molecule has 0 atom stereocenters. The van der Waals surface area contributed by atoms with Crippen molar-refractivity contribution in [2.45, 2.75) is 79.7 Å². The third-order valence-corrected chi connectivity index (χ3v) is 10.2. The van der Waals surface area contributed by atoms with Crippen molar-refractivity contribution in [3.05, 3.63) is 38.5 Å². The highest BCUT2D eigenvalue weighted by Crippen LogP contribution is 2.50. The normalized spacial score (nSPS) is 12.6. The van der Waals surface area contributed by atoms with Crippen molar-refractivity contribution < 1.29 is 33.4 Å². The predicted octanol–water partition coefficient (Wildman–Crippen LogP) is 4.75. The number of rotatable bonds is 18. The second kappa shape index (κ2) is 14.9. The van der Waals surface area contributed by atoms with Crippen LogP contribution >= 0.6 is 7.60 Å². The summed E-state index contributed by atoms with van der Waals surface area (Å²) in [5.41, 5.74) is -0.140. The lowest BCUT2D eigenvalue weighted by Crippen LogP contribution is -2.29. The number of carbonyl (C=O) groups is 2. The summed E-state index contributed by atoms with van der Waals surface area (Å²) in [4.78, 5) is 60.5. The lowest BCUT2D eigenvalue weighted by Gasteiger charge is -2.24. The number of aryl methyl sites for hydroxylation is 2. The maximum absolute atomic E-state index is 13.6. The van der Waals surface area contributed by atoms with Crippen LogP contribution in [0.1, 0.15) is 71.8 Å². The number of aliphatic carboxylic acids is 2. The van der Waals surface area contributed by atoms with Crippen molar-refractivity contribution in [3.63, 3.8) is 0 Å². The molecule has 0 amide bonds. The zero-order chi connectivity index (χ0) is 34.4. The number of unbranched alkanes of at least 4 members (excludes halogenated alkanes) is 3. The maximum atomic E-state index is 13.6. The summed E-state index contributed by atoms with van der Waals surface area (Å²) in [5.74, 6) is -1.79. The van der Waals surface area contributed by atoms with Gasteiger partial charge in [-0.15, -0.1) is 0 Å². The van der Waals surface area contributed by atoms with Gasteiger partial charge in [0.1, 0.15) is 0 Å². The molecule has 0 spiro atoms. The first-order valence-corrected chi connectivity index (χ1v) is 17.1. The van der Waals surface area contributed by atoms with E-state index >= 15 is 0 Å². The summed E-state index contributed by atoms with van der Waals surface area (Å²) >= 11 is 0. The molecule has 0 radical (unpaired) electrons. The first-order valence-electron chi connectivity index (χ1n) is 15.3. The molecule has 15 heteroatoms. The molecule has 0 aromatic heterocycles. The van der Waals surface area contributed by atoms with Gasteiger partial charge in [0.05, 0.1) is 41.2 Å². The number of nitrogens with one attached hydrogen (secondary N) is 1. The zero-order valence-electron chi connectivity index (χ0n) is 27.7. The lowest BCUT2D eigenvalue weighted by molar-refractivity contribution is -0.148. The van der Waals surface area contributed by atoms with Crippen molar-refractivity contribution in [3.8, 4) is 11.5 Å². The molecule has 0 saturated carbocycles. The number of aromatic amines is 1. The summed E-state index contributed by atoms with van der Waals surface area (Å²) in [6.07, 6.45) is 2.83. The standard InChI is InChI=1S/C31H46N5O9P/c1-20-18-21-23(19-22(20)35(6)7)36(25-24(32-21)26(37)34-29(42)33-25)14-10-8-9-11-17-46(43,44-15-12-30(2,3)27(38)39)45-16-13-31(4,5)28(40)41/h18-19H,8-17H2,1-7H3,(H,38,39)(H,40,41)(H,34,37,42). The Morgan fingerprint density at radius 2 is 1.50 bits per heavy atom. The first kappa shape index (κ1) is 36.9. The molecule has 0 bridgehead atoms. The molecule has 254 valence electrons. The van der Waals surface area contributed by atoms with Crippen LogP contribution in [0.25, 0.3) is 22.6 Å². The van der Waals surface area contributed by atoms with Crippen molar-refractivity contribution in [2.24, 2.45) is 10.8 Å². The summed E-state index contributed by atoms with van der Waals surface area (Å²) < 4.78 is 26.8. The maximum Gasteiger partial charge on any atom is 0.349 e. The van der Waals surface area contributed by atoms with Gasteiger partial charge in [-0.1, -0.05) is 12.8 Å². The van der Waals surface area contributed by atoms with Crippen LogP contribution < -0.4 is 16.1 Å². The molecular weight excluding hydrogens is 617 g/mol. The van der Waals surface area contributed by atoms with Gasteiger partial charge in [-0.25, -0.2) is 9.78 Å². The van der Waals surface area contributed by atoms with E-state index in [0.29, 0.717) is 37.7 Å². The van der Waals surface area contributed by atoms with E-state index in [9.17, 15) is 34.0 Å². The largest absolute Gasteiger partial charge is 0.481 e. The fraction of sp³-hybridized carbons (Fsp3) is 0.613. The van der Waals surface area contributed by atoms with E-state index in [1.54, 1.807) is 27.7 Å². The van der Waals surface area contributed by atoms with E-state index in [2.05, 4.69) is 15.0 Å². The van der Waals surface area contributed by atoms with Gasteiger partial charge in [0.2, 0.25) is 0 Å². The number of H-pyrrole nitrogens is 1. The van der Waals surface area contributed by atoms with Crippen LogP contribution in [0.2, 0.25) is 0 Å². The zero-order valence-corrected chi connectivity index (χ0v) is 28.6. The molecule has 3 rings (SSSR count). The number of benzene rings is 1. The lowest BCUT2D eigenvalue weighted by atomic mass is 9.90. The van der Waals surface area contributed by atoms with Crippen molar-refractivity contribution >= 4 is 36.3 Å². The highest BCUT2D eigenvalue weighted by Gasteiger charge is 2.32. The summed E-state index contributed by atoms with van der Waals surface area (Å²) in [7, 11) is 0.215. The number of nitrogens with zero attached hydrogens (tertiary/aromatic N) is 4. The van der Waals surface area contributed by atoms with E-state index in [1.165, 1.54) is 0 Å². The van der Waals surface area contributed by atoms with Crippen LogP contribution in [0.3, 0.4) is 0 Å². The van der Waals surface area contributed by atoms with Crippen LogP contribution in [0.4, 0.5) is 5.69 Å². The molecule has 0 saturated heterocycles. The second-order valence-corrected chi connectivity index (χ2v) is 15.3. The fourth-order valence-corrected chi connectivity index (χ4v) is 6.51. The predicted molar refractivity (Wildman–Crippen MR) is 175 cm³/mol. The van der Waals surface area contributed by atoms with Crippen LogP contribution in [-0.2, 0) is 29.7 Å². The van der Waals surface area contributed by atoms with Gasteiger partial charge < -0.3 is 28.7 Å². The number of fused-ring (bicyclic) bond motifs is 2. The number of carboxylic acid groups (broad SMARTS) is 2. The van der Waals surface area contributed by atoms with Crippen molar-refractivity contribution in [1.82, 2.24) is 19.5 Å². The molecular formula is C31H46N5O9P. The van der Waals surface area contributed by atoms with Gasteiger partial charge >= 0.3 is 25.2 Å². The number of hydrogen-bond acceptors (Lipinski definition) is 10. The number of anilines is 1. The van der Waals surface area contributed by atoms with Gasteiger partial charge in [0.15, 0.2) is 11.5 Å². The Morgan fingerprint density at radius 1 is 0.935 bits per heavy atom. The van der Waals surface area contributed by atoms with E-state index in [4.69, 9.17) is 9.05 Å². The van der Waals surface area contributed by atoms with E-state index < -0.39 is 41.6 Å². The molecule has 2 heterocycles. The average molecular weight is 664 g/mol. The van der Waals surface area contributed by atoms with E-state index in [1.807, 2.05) is 42.6 Å². The van der Waals surface area contributed by atoms with Crippen LogP contribution in [-0.4, -0.2) is 75.1 Å². The Labute approximate surface area is 268 Å². The Balaban J connectivity index is 1.71. The molecule has 46 heavy (non-hydrogen) atoms. The monoisotopic (exact) mass is 663 g/mol. The van der Waals surface area contributed by atoms with E-state index in [0.717, 1.165) is 16.8 Å². The number of carboxylic acids is 2.